The quantitative estimate of drug-likeness (QED) is 0.884. The first-order valence-electron chi connectivity index (χ1n) is 5.66. The Labute approximate surface area is 110 Å². The minimum absolute atomic E-state index is 0.195. The van der Waals surface area contributed by atoms with Crippen LogP contribution in [0.1, 0.15) is 18.1 Å². The second-order valence-electron chi connectivity index (χ2n) is 4.12. The van der Waals surface area contributed by atoms with Crippen molar-refractivity contribution in [2.45, 2.75) is 19.4 Å². The third-order valence-electron chi connectivity index (χ3n) is 2.60. The Morgan fingerprint density at radius 2 is 2.17 bits per heavy atom. The van der Waals surface area contributed by atoms with Crippen molar-refractivity contribution in [1.29, 1.82) is 5.26 Å². The van der Waals surface area contributed by atoms with Gasteiger partial charge in [0.05, 0.1) is 0 Å². The van der Waals surface area contributed by atoms with E-state index in [0.29, 0.717) is 16.4 Å². The number of aromatic nitrogens is 1. The Kier molecular flexibility index (Phi) is 3.80. The van der Waals surface area contributed by atoms with E-state index < -0.39 is 0 Å². The van der Waals surface area contributed by atoms with E-state index in [1.165, 1.54) is 5.56 Å². The Morgan fingerprint density at radius 3 is 2.83 bits per heavy atom. The lowest BCUT2D eigenvalue weighted by Crippen LogP contribution is -2.18. The van der Waals surface area contributed by atoms with Crippen LogP contribution in [0.4, 0.5) is 10.8 Å². The minimum atomic E-state index is 0.195. The van der Waals surface area contributed by atoms with Crippen molar-refractivity contribution in [3.63, 3.8) is 0 Å². The Balaban J connectivity index is 2.04. The first-order chi connectivity index (χ1) is 8.70. The molecule has 5 heteroatoms. The molecule has 2 aromatic rings. The van der Waals surface area contributed by atoms with Crippen LogP contribution in [0.5, 0.6) is 0 Å². The highest BCUT2D eigenvalue weighted by molar-refractivity contribution is 7.10. The van der Waals surface area contributed by atoms with Gasteiger partial charge in [0, 0.05) is 6.04 Å². The van der Waals surface area contributed by atoms with Crippen molar-refractivity contribution in [2.75, 3.05) is 11.1 Å². The average molecular weight is 258 g/mol. The molecule has 0 radical (unpaired) electrons. The van der Waals surface area contributed by atoms with E-state index in [4.69, 9.17) is 11.0 Å². The summed E-state index contributed by atoms with van der Waals surface area (Å²) in [4.78, 5) is 0. The third kappa shape index (κ3) is 2.79. The summed E-state index contributed by atoms with van der Waals surface area (Å²) in [5, 5.41) is 12.7. The molecule has 1 atom stereocenters. The van der Waals surface area contributed by atoms with Crippen molar-refractivity contribution < 1.29 is 0 Å². The van der Waals surface area contributed by atoms with Gasteiger partial charge in [-0.3, -0.25) is 0 Å². The normalized spacial score (nSPS) is 11.8. The zero-order valence-electron chi connectivity index (χ0n) is 10.1. The van der Waals surface area contributed by atoms with Crippen LogP contribution in [0.15, 0.2) is 30.3 Å². The molecule has 1 heterocycles. The topological polar surface area (TPSA) is 74.7 Å². The van der Waals surface area contributed by atoms with Gasteiger partial charge in [0.15, 0.2) is 5.82 Å². The molecule has 0 amide bonds. The fraction of sp³-hybridized carbons (Fsp3) is 0.231. The number of hydrogen-bond donors (Lipinski definition) is 2. The van der Waals surface area contributed by atoms with Gasteiger partial charge in [-0.25, -0.2) is 0 Å². The molecule has 0 aliphatic carbocycles. The molecule has 18 heavy (non-hydrogen) atoms. The lowest BCUT2D eigenvalue weighted by molar-refractivity contribution is 0.786. The molecule has 2 rings (SSSR count). The number of nitriles is 1. The number of nitrogens with one attached hydrogen (secondary N) is 1. The highest BCUT2D eigenvalue weighted by Gasteiger charge is 2.13. The van der Waals surface area contributed by atoms with E-state index in [1.807, 2.05) is 18.2 Å². The molecule has 0 fully saturated rings. The molecule has 3 N–H and O–H groups in total. The standard InChI is InChI=1S/C13H14N4S/c1-9(7-10-5-3-2-4-6-10)16-13-11(8-14)12(15)18-17-13/h2-6,9H,7,15H2,1H3,(H,16,17). The summed E-state index contributed by atoms with van der Waals surface area (Å²) in [7, 11) is 0. The van der Waals surface area contributed by atoms with Gasteiger partial charge >= 0.3 is 0 Å². The first-order valence-corrected chi connectivity index (χ1v) is 6.43. The predicted octanol–water partition coefficient (Wildman–Crippen LogP) is 2.64. The smallest absolute Gasteiger partial charge is 0.160 e. The molecule has 1 unspecified atom stereocenters. The lowest BCUT2D eigenvalue weighted by Gasteiger charge is -2.13. The summed E-state index contributed by atoms with van der Waals surface area (Å²) in [6, 6.07) is 12.5. The predicted molar refractivity (Wildman–Crippen MR) is 74.5 cm³/mol. The summed E-state index contributed by atoms with van der Waals surface area (Å²) in [6.45, 7) is 2.06. The summed E-state index contributed by atoms with van der Waals surface area (Å²) < 4.78 is 4.15. The molecular weight excluding hydrogens is 244 g/mol. The van der Waals surface area contributed by atoms with Crippen molar-refractivity contribution >= 4 is 22.4 Å². The number of benzene rings is 1. The van der Waals surface area contributed by atoms with Gasteiger partial charge in [-0.15, -0.1) is 0 Å². The van der Waals surface area contributed by atoms with Gasteiger partial charge < -0.3 is 11.1 Å². The third-order valence-corrected chi connectivity index (χ3v) is 3.27. The molecule has 4 nitrogen and oxygen atoms in total. The van der Waals surface area contributed by atoms with E-state index >= 15 is 0 Å². The number of anilines is 2. The highest BCUT2D eigenvalue weighted by Crippen LogP contribution is 2.25. The highest BCUT2D eigenvalue weighted by atomic mass is 32.1. The number of hydrogen-bond acceptors (Lipinski definition) is 5. The molecule has 1 aromatic heterocycles. The van der Waals surface area contributed by atoms with E-state index in [0.717, 1.165) is 18.0 Å². The van der Waals surface area contributed by atoms with Crippen LogP contribution < -0.4 is 11.1 Å². The fourth-order valence-electron chi connectivity index (χ4n) is 1.76. The van der Waals surface area contributed by atoms with Gasteiger partial charge in [-0.1, -0.05) is 30.3 Å². The zero-order chi connectivity index (χ0) is 13.0. The summed E-state index contributed by atoms with van der Waals surface area (Å²) in [6.07, 6.45) is 0.878. The summed E-state index contributed by atoms with van der Waals surface area (Å²) in [5.74, 6) is 0.587. The molecular formula is C13H14N4S. The Hall–Kier alpha value is -2.06. The summed E-state index contributed by atoms with van der Waals surface area (Å²) in [5.41, 5.74) is 7.37. The van der Waals surface area contributed by atoms with Crippen molar-refractivity contribution in [3.05, 3.63) is 41.5 Å². The maximum absolute atomic E-state index is 8.99. The van der Waals surface area contributed by atoms with Gasteiger partial charge in [0.2, 0.25) is 0 Å². The molecule has 0 aliphatic heterocycles. The number of nitrogens with zero attached hydrogens (tertiary/aromatic N) is 2. The Morgan fingerprint density at radius 1 is 1.44 bits per heavy atom. The molecule has 0 saturated heterocycles. The maximum atomic E-state index is 8.99. The average Bonchev–Trinajstić information content (AvgIpc) is 2.71. The van der Waals surface area contributed by atoms with Crippen LogP contribution in [0.2, 0.25) is 0 Å². The van der Waals surface area contributed by atoms with Crippen LogP contribution in [0.25, 0.3) is 0 Å². The van der Waals surface area contributed by atoms with Crippen LogP contribution in [0, 0.1) is 11.3 Å². The van der Waals surface area contributed by atoms with Crippen LogP contribution in [-0.2, 0) is 6.42 Å². The van der Waals surface area contributed by atoms with E-state index in [9.17, 15) is 0 Å². The van der Waals surface area contributed by atoms with Crippen molar-refractivity contribution in [1.82, 2.24) is 4.37 Å². The second-order valence-corrected chi connectivity index (χ2v) is 4.92. The number of nitrogen functional groups attached to an aromatic ring is 1. The van der Waals surface area contributed by atoms with Crippen molar-refractivity contribution in [2.24, 2.45) is 0 Å². The lowest BCUT2D eigenvalue weighted by atomic mass is 10.1. The van der Waals surface area contributed by atoms with Gasteiger partial charge in [-0.05, 0) is 30.4 Å². The minimum Gasteiger partial charge on any atom is -0.388 e. The zero-order valence-corrected chi connectivity index (χ0v) is 10.9. The molecule has 92 valence electrons. The van der Waals surface area contributed by atoms with Crippen LogP contribution in [-0.4, -0.2) is 10.4 Å². The molecule has 1 aromatic carbocycles. The maximum Gasteiger partial charge on any atom is 0.160 e. The first kappa shape index (κ1) is 12.4. The van der Waals surface area contributed by atoms with Crippen LogP contribution >= 0.6 is 11.5 Å². The SMILES string of the molecule is CC(Cc1ccccc1)Nc1nsc(N)c1C#N. The molecule has 0 spiro atoms. The second kappa shape index (κ2) is 5.52. The summed E-state index contributed by atoms with van der Waals surface area (Å²) >= 11 is 1.15. The van der Waals surface area contributed by atoms with Gasteiger partial charge in [-0.2, -0.15) is 9.64 Å². The number of nitrogens with two attached hydrogens (primary N) is 1. The van der Waals surface area contributed by atoms with E-state index in [2.05, 4.69) is 34.8 Å². The number of rotatable bonds is 4. The molecule has 0 bridgehead atoms. The largest absolute Gasteiger partial charge is 0.388 e. The van der Waals surface area contributed by atoms with E-state index in [-0.39, 0.29) is 6.04 Å². The van der Waals surface area contributed by atoms with Crippen molar-refractivity contribution in [3.8, 4) is 6.07 Å². The van der Waals surface area contributed by atoms with Gasteiger partial charge in [0.25, 0.3) is 0 Å². The molecule has 0 aliphatic rings. The van der Waals surface area contributed by atoms with Crippen LogP contribution in [0.3, 0.4) is 0 Å². The fourth-order valence-corrected chi connectivity index (χ4v) is 2.33. The monoisotopic (exact) mass is 258 g/mol. The van der Waals surface area contributed by atoms with Gasteiger partial charge in [0.1, 0.15) is 16.6 Å². The Bertz CT molecular complexity index is 556. The molecule has 0 saturated carbocycles. The van der Waals surface area contributed by atoms with E-state index in [1.54, 1.807) is 0 Å².